The van der Waals surface area contributed by atoms with Crippen LogP contribution in [0.25, 0.3) is 11.2 Å². The van der Waals surface area contributed by atoms with Crippen LogP contribution in [-0.4, -0.2) is 30.5 Å². The van der Waals surface area contributed by atoms with Gasteiger partial charge in [0.25, 0.3) is 17.4 Å². The van der Waals surface area contributed by atoms with Gasteiger partial charge in [-0.05, 0) is 17.2 Å². The van der Waals surface area contributed by atoms with Crippen molar-refractivity contribution in [2.45, 2.75) is 19.6 Å². The third kappa shape index (κ3) is 4.96. The van der Waals surface area contributed by atoms with Crippen molar-refractivity contribution in [2.24, 2.45) is 0 Å². The van der Waals surface area contributed by atoms with E-state index in [0.717, 1.165) is 15.7 Å². The Kier molecular flexibility index (Phi) is 6.49. The minimum absolute atomic E-state index is 0.150. The second kappa shape index (κ2) is 10.2. The van der Waals surface area contributed by atoms with Crippen LogP contribution in [0.2, 0.25) is 0 Å². The minimum Gasteiger partial charge on any atom is -0.472 e. The van der Waals surface area contributed by atoms with E-state index in [1.807, 2.05) is 60.7 Å². The molecule has 0 fully saturated rings. The smallest absolute Gasteiger partial charge is 0.333 e. The Morgan fingerprint density at radius 1 is 0.838 bits per heavy atom. The third-order valence-electron chi connectivity index (χ3n) is 5.76. The number of benzene rings is 2. The molecule has 2 N–H and O–H groups in total. The molecular weight excluding hydrogens is 476 g/mol. The number of aromatic nitrogens is 4. The lowest BCUT2D eigenvalue weighted by molar-refractivity contribution is -0.122. The Balaban J connectivity index is 1.52. The Bertz CT molecular complexity index is 1670. The fraction of sp³-hybridized carbons (Fsp3) is 0.115. The Morgan fingerprint density at radius 2 is 1.51 bits per heavy atom. The summed E-state index contributed by atoms with van der Waals surface area (Å²) in [5.41, 5.74) is 5.49. The fourth-order valence-electron chi connectivity index (χ4n) is 3.96. The number of hydrazine groups is 1. The number of hydrogen-bond donors (Lipinski definition) is 2. The number of hydrogen-bond acceptors (Lipinski definition) is 6. The van der Waals surface area contributed by atoms with Crippen LogP contribution in [0.4, 0.5) is 0 Å². The number of nitrogens with one attached hydrogen (secondary N) is 2. The number of amides is 2. The van der Waals surface area contributed by atoms with Gasteiger partial charge in [-0.3, -0.25) is 29.8 Å². The molecule has 11 nitrogen and oxygen atoms in total. The summed E-state index contributed by atoms with van der Waals surface area (Å²) in [6, 6.07) is 20.2. The van der Waals surface area contributed by atoms with Gasteiger partial charge in [-0.25, -0.2) is 14.3 Å². The molecule has 0 radical (unpaired) electrons. The van der Waals surface area contributed by atoms with Gasteiger partial charge in [0.1, 0.15) is 12.8 Å². The SMILES string of the molecule is O=C(Cn1c(=O)c2c(ncn2Cc2ccccc2)n(Cc2ccccc2)c1=O)NNC(=O)c1ccoc1. The summed E-state index contributed by atoms with van der Waals surface area (Å²) in [7, 11) is 0. The molecule has 0 saturated carbocycles. The highest BCUT2D eigenvalue weighted by molar-refractivity contribution is 5.94. The van der Waals surface area contributed by atoms with Gasteiger partial charge in [-0.15, -0.1) is 0 Å². The van der Waals surface area contributed by atoms with E-state index in [1.54, 1.807) is 4.57 Å². The summed E-state index contributed by atoms with van der Waals surface area (Å²) >= 11 is 0. The lowest BCUT2D eigenvalue weighted by Crippen LogP contribution is -2.48. The molecule has 0 saturated heterocycles. The van der Waals surface area contributed by atoms with Gasteiger partial charge in [0, 0.05) is 6.54 Å². The van der Waals surface area contributed by atoms with Crippen molar-refractivity contribution in [1.29, 1.82) is 0 Å². The van der Waals surface area contributed by atoms with Gasteiger partial charge in [0.2, 0.25) is 0 Å². The maximum Gasteiger partial charge on any atom is 0.333 e. The molecule has 0 aliphatic rings. The van der Waals surface area contributed by atoms with E-state index in [1.165, 1.54) is 29.5 Å². The summed E-state index contributed by atoms with van der Waals surface area (Å²) in [6.07, 6.45) is 4.05. The molecule has 0 unspecified atom stereocenters. The average Bonchev–Trinajstić information content (AvgIpc) is 3.60. The summed E-state index contributed by atoms with van der Waals surface area (Å²) in [6.45, 7) is -0.106. The highest BCUT2D eigenvalue weighted by Gasteiger charge is 2.20. The fourth-order valence-corrected chi connectivity index (χ4v) is 3.96. The first-order valence-electron chi connectivity index (χ1n) is 11.4. The molecule has 37 heavy (non-hydrogen) atoms. The van der Waals surface area contributed by atoms with E-state index in [2.05, 4.69) is 15.8 Å². The first-order valence-corrected chi connectivity index (χ1v) is 11.4. The highest BCUT2D eigenvalue weighted by Crippen LogP contribution is 2.12. The van der Waals surface area contributed by atoms with E-state index in [4.69, 9.17) is 4.42 Å². The first-order chi connectivity index (χ1) is 18.0. The summed E-state index contributed by atoms with van der Waals surface area (Å²) in [5, 5.41) is 0. The standard InChI is InChI=1S/C26H22N6O5/c33-21(28-29-24(34)20-11-12-37-16-20)15-32-25(35)22-23(27-17-30(22)13-18-7-3-1-4-8-18)31(26(32)36)14-19-9-5-2-6-10-19/h1-12,16-17H,13-15H2,(H,28,33)(H,29,34). The van der Waals surface area contributed by atoms with Gasteiger partial charge in [0.05, 0.1) is 24.7 Å². The van der Waals surface area contributed by atoms with Gasteiger partial charge < -0.3 is 8.98 Å². The predicted octanol–water partition coefficient (Wildman–Crippen LogP) is 1.51. The molecule has 0 bridgehead atoms. The Morgan fingerprint density at radius 3 is 2.16 bits per heavy atom. The predicted molar refractivity (Wildman–Crippen MR) is 134 cm³/mol. The molecule has 2 aromatic carbocycles. The lowest BCUT2D eigenvalue weighted by Gasteiger charge is -2.13. The van der Waals surface area contributed by atoms with Crippen molar-refractivity contribution in [3.05, 3.63) is 123 Å². The van der Waals surface area contributed by atoms with Crippen molar-refractivity contribution >= 4 is 23.0 Å². The normalized spacial score (nSPS) is 10.9. The van der Waals surface area contributed by atoms with E-state index >= 15 is 0 Å². The number of rotatable bonds is 7. The first kappa shape index (κ1) is 23.5. The lowest BCUT2D eigenvalue weighted by atomic mass is 10.2. The Hall–Kier alpha value is -5.19. The molecule has 0 aliphatic heterocycles. The molecule has 11 heteroatoms. The molecule has 186 valence electrons. The van der Waals surface area contributed by atoms with E-state index in [9.17, 15) is 19.2 Å². The summed E-state index contributed by atoms with van der Waals surface area (Å²) < 4.78 is 8.71. The van der Waals surface area contributed by atoms with Crippen LogP contribution in [-0.2, 0) is 24.4 Å². The largest absolute Gasteiger partial charge is 0.472 e. The molecule has 0 aliphatic carbocycles. The molecule has 5 rings (SSSR count). The second-order valence-electron chi connectivity index (χ2n) is 8.29. The van der Waals surface area contributed by atoms with Crippen LogP contribution in [0, 0.1) is 0 Å². The second-order valence-corrected chi connectivity index (χ2v) is 8.29. The molecule has 3 heterocycles. The maximum atomic E-state index is 13.5. The zero-order valence-corrected chi connectivity index (χ0v) is 19.5. The molecule has 0 spiro atoms. The minimum atomic E-state index is -0.754. The topological polar surface area (TPSA) is 133 Å². The average molecular weight is 498 g/mol. The van der Waals surface area contributed by atoms with Gasteiger partial charge in [0.15, 0.2) is 11.2 Å². The summed E-state index contributed by atoms with van der Waals surface area (Å²) in [5.74, 6) is -1.36. The van der Waals surface area contributed by atoms with E-state index in [0.29, 0.717) is 6.54 Å². The molecule has 0 atom stereocenters. The number of fused-ring (bicyclic) bond motifs is 1. The van der Waals surface area contributed by atoms with Crippen LogP contribution in [0.3, 0.4) is 0 Å². The van der Waals surface area contributed by atoms with Crippen LogP contribution in [0.15, 0.2) is 99.6 Å². The van der Waals surface area contributed by atoms with E-state index < -0.39 is 29.6 Å². The van der Waals surface area contributed by atoms with Crippen LogP contribution in [0.5, 0.6) is 0 Å². The molecular formula is C26H22N6O5. The van der Waals surface area contributed by atoms with Crippen LogP contribution < -0.4 is 22.1 Å². The molecule has 3 aromatic heterocycles. The quantitative estimate of drug-likeness (QED) is 0.327. The van der Waals surface area contributed by atoms with E-state index in [-0.39, 0.29) is 23.3 Å². The highest BCUT2D eigenvalue weighted by atomic mass is 16.3. The zero-order chi connectivity index (χ0) is 25.8. The maximum absolute atomic E-state index is 13.5. The number of carbonyl (C=O) groups is 2. The molecule has 5 aromatic rings. The third-order valence-corrected chi connectivity index (χ3v) is 5.76. The molecule has 2 amide bonds. The van der Waals surface area contributed by atoms with Crippen molar-refractivity contribution < 1.29 is 14.0 Å². The number of nitrogens with zero attached hydrogens (tertiary/aromatic N) is 4. The Labute approximate surface area is 209 Å². The van der Waals surface area contributed by atoms with Crippen LogP contribution in [0.1, 0.15) is 21.5 Å². The van der Waals surface area contributed by atoms with Crippen molar-refractivity contribution in [1.82, 2.24) is 29.5 Å². The number of imidazole rings is 1. The van der Waals surface area contributed by atoms with Crippen molar-refractivity contribution in [2.75, 3.05) is 0 Å². The zero-order valence-electron chi connectivity index (χ0n) is 19.5. The number of carbonyl (C=O) groups excluding carboxylic acids is 2. The summed E-state index contributed by atoms with van der Waals surface area (Å²) in [4.78, 5) is 56.0. The van der Waals surface area contributed by atoms with Gasteiger partial charge in [-0.2, -0.15) is 0 Å². The van der Waals surface area contributed by atoms with Gasteiger partial charge >= 0.3 is 5.69 Å². The van der Waals surface area contributed by atoms with Gasteiger partial charge in [-0.1, -0.05) is 60.7 Å². The van der Waals surface area contributed by atoms with Crippen LogP contribution >= 0.6 is 0 Å². The number of furan rings is 1. The van der Waals surface area contributed by atoms with Crippen molar-refractivity contribution in [3.63, 3.8) is 0 Å². The monoisotopic (exact) mass is 498 g/mol. The van der Waals surface area contributed by atoms with Crippen molar-refractivity contribution in [3.8, 4) is 0 Å².